The molecule has 106 valence electrons. The second kappa shape index (κ2) is 6.08. The first-order valence-corrected chi connectivity index (χ1v) is 9.10. The minimum absolute atomic E-state index is 0.168. The van der Waals surface area contributed by atoms with Gasteiger partial charge < -0.3 is 5.73 Å². The first-order chi connectivity index (χ1) is 9.39. The summed E-state index contributed by atoms with van der Waals surface area (Å²) >= 11 is 7.56. The van der Waals surface area contributed by atoms with Crippen molar-refractivity contribution in [3.8, 4) is 0 Å². The Bertz CT molecular complexity index is 730. The molecular weight excluding hydrogens is 314 g/mol. The Labute approximate surface area is 128 Å². The normalized spacial score (nSPS) is 11.5. The average molecular weight is 328 g/mol. The molecule has 20 heavy (non-hydrogen) atoms. The van der Waals surface area contributed by atoms with Gasteiger partial charge in [-0.1, -0.05) is 35.9 Å². The fourth-order valence-corrected chi connectivity index (χ4v) is 3.93. The van der Waals surface area contributed by atoms with Gasteiger partial charge in [-0.3, -0.25) is 0 Å². The van der Waals surface area contributed by atoms with E-state index in [4.69, 9.17) is 17.3 Å². The summed E-state index contributed by atoms with van der Waals surface area (Å²) in [6, 6.07) is 12.6. The highest BCUT2D eigenvalue weighted by Gasteiger charge is 2.14. The number of rotatable bonds is 4. The number of hydrogen-bond donors (Lipinski definition) is 1. The maximum atomic E-state index is 11.6. The monoisotopic (exact) mass is 327 g/mol. The summed E-state index contributed by atoms with van der Waals surface area (Å²) in [5.41, 5.74) is 7.23. The fraction of sp³-hybridized carbons (Fsp3) is 0.143. The van der Waals surface area contributed by atoms with E-state index in [9.17, 15) is 8.42 Å². The number of halogens is 1. The van der Waals surface area contributed by atoms with Crippen LogP contribution in [0.1, 0.15) is 5.56 Å². The van der Waals surface area contributed by atoms with Crippen molar-refractivity contribution >= 4 is 38.9 Å². The molecular formula is C14H14ClNO2S2. The molecule has 3 nitrogen and oxygen atoms in total. The molecule has 6 heteroatoms. The van der Waals surface area contributed by atoms with Crippen molar-refractivity contribution in [3.05, 3.63) is 53.1 Å². The van der Waals surface area contributed by atoms with Crippen LogP contribution in [0, 0.1) is 0 Å². The number of nitrogen functional groups attached to an aromatic ring is 1. The largest absolute Gasteiger partial charge is 0.397 e. The second-order valence-corrected chi connectivity index (χ2v) is 7.73. The molecule has 0 atom stereocenters. The Morgan fingerprint density at radius 1 is 1.15 bits per heavy atom. The lowest BCUT2D eigenvalue weighted by atomic mass is 10.2. The minimum Gasteiger partial charge on any atom is -0.397 e. The smallest absolute Gasteiger partial charge is 0.177 e. The van der Waals surface area contributed by atoms with E-state index in [1.165, 1.54) is 17.8 Å². The summed E-state index contributed by atoms with van der Waals surface area (Å²) in [5.74, 6) is 0.636. The van der Waals surface area contributed by atoms with Crippen LogP contribution in [0.25, 0.3) is 0 Å². The molecule has 0 radical (unpaired) electrons. The van der Waals surface area contributed by atoms with Gasteiger partial charge in [-0.05, 0) is 23.8 Å². The first kappa shape index (κ1) is 15.2. The highest BCUT2D eigenvalue weighted by molar-refractivity contribution is 7.98. The third-order valence-corrected chi connectivity index (χ3v) is 5.41. The van der Waals surface area contributed by atoms with Gasteiger partial charge in [0.15, 0.2) is 9.84 Å². The zero-order chi connectivity index (χ0) is 14.8. The molecule has 0 fully saturated rings. The van der Waals surface area contributed by atoms with E-state index in [1.54, 1.807) is 6.07 Å². The molecule has 2 rings (SSSR count). The summed E-state index contributed by atoms with van der Waals surface area (Å²) in [7, 11) is -3.31. The van der Waals surface area contributed by atoms with Gasteiger partial charge in [0.25, 0.3) is 0 Å². The van der Waals surface area contributed by atoms with Gasteiger partial charge in [0, 0.05) is 21.9 Å². The van der Waals surface area contributed by atoms with Crippen molar-refractivity contribution in [3.63, 3.8) is 0 Å². The second-order valence-electron chi connectivity index (χ2n) is 4.32. The van der Waals surface area contributed by atoms with Crippen molar-refractivity contribution in [2.24, 2.45) is 0 Å². The third-order valence-electron chi connectivity index (χ3n) is 2.77. The molecule has 0 aliphatic rings. The molecule has 2 aromatic carbocycles. The quantitative estimate of drug-likeness (QED) is 0.688. The van der Waals surface area contributed by atoms with E-state index < -0.39 is 9.84 Å². The van der Waals surface area contributed by atoms with Crippen LogP contribution in [-0.4, -0.2) is 14.7 Å². The lowest BCUT2D eigenvalue weighted by Crippen LogP contribution is -2.03. The molecule has 2 aromatic rings. The van der Waals surface area contributed by atoms with E-state index in [1.807, 2.05) is 30.3 Å². The molecule has 0 aromatic heterocycles. The van der Waals surface area contributed by atoms with Crippen LogP contribution in [-0.2, 0) is 15.6 Å². The summed E-state index contributed by atoms with van der Waals surface area (Å²) in [5, 5.41) is 0.692. The summed E-state index contributed by atoms with van der Waals surface area (Å²) in [6.45, 7) is 0. The van der Waals surface area contributed by atoms with E-state index in [-0.39, 0.29) is 4.90 Å². The Balaban J connectivity index is 2.25. The number of hydrogen-bond acceptors (Lipinski definition) is 4. The van der Waals surface area contributed by atoms with Crippen molar-refractivity contribution in [1.29, 1.82) is 0 Å². The highest BCUT2D eigenvalue weighted by Crippen LogP contribution is 2.33. The van der Waals surface area contributed by atoms with Crippen molar-refractivity contribution in [2.45, 2.75) is 15.5 Å². The van der Waals surface area contributed by atoms with Crippen LogP contribution >= 0.6 is 23.4 Å². The maximum absolute atomic E-state index is 11.6. The summed E-state index contributed by atoms with van der Waals surface area (Å²) in [6.07, 6.45) is 1.15. The Kier molecular flexibility index (Phi) is 4.62. The topological polar surface area (TPSA) is 60.2 Å². The third kappa shape index (κ3) is 3.48. The predicted molar refractivity (Wildman–Crippen MR) is 85.0 cm³/mol. The number of nitrogens with two attached hydrogens (primary N) is 1. The molecule has 0 bridgehead atoms. The summed E-state index contributed by atoms with van der Waals surface area (Å²) in [4.78, 5) is 0.912. The van der Waals surface area contributed by atoms with Crippen LogP contribution < -0.4 is 5.73 Å². The molecule has 0 spiro atoms. The van der Waals surface area contributed by atoms with Crippen LogP contribution in [0.4, 0.5) is 5.69 Å². The van der Waals surface area contributed by atoms with Crippen molar-refractivity contribution < 1.29 is 8.42 Å². The van der Waals surface area contributed by atoms with Gasteiger partial charge in [-0.2, -0.15) is 0 Å². The minimum atomic E-state index is -3.31. The summed E-state index contributed by atoms with van der Waals surface area (Å²) < 4.78 is 23.2. The van der Waals surface area contributed by atoms with Gasteiger partial charge >= 0.3 is 0 Å². The standard InChI is InChI=1S/C14H14ClNO2S2/c1-20(17,18)13-8-4-7-12(14(13)16)19-9-10-5-2-3-6-11(10)15/h2-8H,9,16H2,1H3. The van der Waals surface area contributed by atoms with Gasteiger partial charge in [0.2, 0.25) is 0 Å². The van der Waals surface area contributed by atoms with E-state index in [0.29, 0.717) is 16.5 Å². The molecule has 0 heterocycles. The zero-order valence-corrected chi connectivity index (χ0v) is 13.2. The molecule has 2 N–H and O–H groups in total. The Hall–Kier alpha value is -1.17. The van der Waals surface area contributed by atoms with E-state index >= 15 is 0 Å². The van der Waals surface area contributed by atoms with Gasteiger partial charge in [-0.15, -0.1) is 11.8 Å². The van der Waals surface area contributed by atoms with Gasteiger partial charge in [0.05, 0.1) is 10.6 Å². The Morgan fingerprint density at radius 2 is 1.85 bits per heavy atom. The average Bonchev–Trinajstić information content (AvgIpc) is 2.38. The fourth-order valence-electron chi connectivity index (χ4n) is 1.74. The number of sulfone groups is 1. The van der Waals surface area contributed by atoms with Crippen molar-refractivity contribution in [1.82, 2.24) is 0 Å². The SMILES string of the molecule is CS(=O)(=O)c1cccc(SCc2ccccc2Cl)c1N. The number of thioether (sulfide) groups is 1. The lowest BCUT2D eigenvalue weighted by Gasteiger charge is -2.10. The van der Waals surface area contributed by atoms with Crippen LogP contribution in [0.3, 0.4) is 0 Å². The van der Waals surface area contributed by atoms with E-state index in [2.05, 4.69) is 0 Å². The molecule has 0 aliphatic carbocycles. The number of anilines is 1. The maximum Gasteiger partial charge on any atom is 0.177 e. The highest BCUT2D eigenvalue weighted by atomic mass is 35.5. The molecule has 0 saturated carbocycles. The van der Waals surface area contributed by atoms with Gasteiger partial charge in [0.1, 0.15) is 0 Å². The van der Waals surface area contributed by atoms with E-state index in [0.717, 1.165) is 16.7 Å². The molecule has 0 aliphatic heterocycles. The molecule has 0 amide bonds. The molecule has 0 unspecified atom stereocenters. The van der Waals surface area contributed by atoms with Crippen LogP contribution in [0.15, 0.2) is 52.3 Å². The predicted octanol–water partition coefficient (Wildman–Crippen LogP) is 3.62. The lowest BCUT2D eigenvalue weighted by molar-refractivity contribution is 0.602. The first-order valence-electron chi connectivity index (χ1n) is 5.84. The number of para-hydroxylation sites is 1. The number of benzene rings is 2. The van der Waals surface area contributed by atoms with Crippen LogP contribution in [0.2, 0.25) is 5.02 Å². The zero-order valence-electron chi connectivity index (χ0n) is 10.8. The van der Waals surface area contributed by atoms with Gasteiger partial charge in [-0.25, -0.2) is 8.42 Å². The van der Waals surface area contributed by atoms with Crippen LogP contribution in [0.5, 0.6) is 0 Å². The Morgan fingerprint density at radius 3 is 2.50 bits per heavy atom. The molecule has 0 saturated heterocycles. The van der Waals surface area contributed by atoms with Crippen molar-refractivity contribution in [2.75, 3.05) is 12.0 Å².